The maximum absolute atomic E-state index is 5.85. The van der Waals surface area contributed by atoms with E-state index in [0.29, 0.717) is 0 Å². The number of tetrazole rings is 1. The summed E-state index contributed by atoms with van der Waals surface area (Å²) in [5.74, 6) is 0.873. The highest BCUT2D eigenvalue weighted by atomic mass is 16.5. The van der Waals surface area contributed by atoms with Gasteiger partial charge in [-0.3, -0.25) is 4.90 Å². The second kappa shape index (κ2) is 7.38. The van der Waals surface area contributed by atoms with E-state index in [2.05, 4.69) is 71.5 Å². The molecule has 0 bridgehead atoms. The summed E-state index contributed by atoms with van der Waals surface area (Å²) in [6.45, 7) is 8.41. The molecule has 0 spiro atoms. The summed E-state index contributed by atoms with van der Waals surface area (Å²) in [6.07, 6.45) is 0.235. The molecule has 1 saturated heterocycles. The number of aromatic nitrogens is 4. The molecule has 3 rings (SSSR count). The number of morpholine rings is 1. The second-order valence-electron chi connectivity index (χ2n) is 6.74. The van der Waals surface area contributed by atoms with Crippen molar-refractivity contribution in [3.8, 4) is 5.69 Å². The van der Waals surface area contributed by atoms with Crippen molar-refractivity contribution in [1.82, 2.24) is 30.0 Å². The van der Waals surface area contributed by atoms with Crippen LogP contribution >= 0.6 is 0 Å². The smallest absolute Gasteiger partial charge is 0.170 e. The van der Waals surface area contributed by atoms with Gasteiger partial charge in [-0.05, 0) is 49.5 Å². The lowest BCUT2D eigenvalue weighted by molar-refractivity contribution is -0.0415. The molecule has 2 aromatic rings. The first-order valence-corrected chi connectivity index (χ1v) is 8.37. The zero-order valence-electron chi connectivity index (χ0n) is 14.9. The normalized spacial score (nSPS) is 19.1. The minimum atomic E-state index is 0.235. The summed E-state index contributed by atoms with van der Waals surface area (Å²) in [4.78, 5) is 4.53. The fourth-order valence-electron chi connectivity index (χ4n) is 3.26. The lowest BCUT2D eigenvalue weighted by Gasteiger charge is -2.33. The van der Waals surface area contributed by atoms with Crippen LogP contribution in [0.1, 0.15) is 17.0 Å². The molecular formula is C17H26N6O. The predicted octanol–water partition coefficient (Wildman–Crippen LogP) is 1.04. The minimum Gasteiger partial charge on any atom is -0.374 e. The van der Waals surface area contributed by atoms with Crippen LogP contribution < -0.4 is 0 Å². The highest BCUT2D eigenvalue weighted by Gasteiger charge is 2.23. The number of benzene rings is 1. The molecule has 2 heterocycles. The molecule has 1 fully saturated rings. The number of nitrogens with zero attached hydrogens (tertiary/aromatic N) is 6. The average Bonchev–Trinajstić information content (AvgIpc) is 2.95. The zero-order chi connectivity index (χ0) is 17.1. The number of para-hydroxylation sites is 1. The third-order valence-electron chi connectivity index (χ3n) is 4.34. The first-order chi connectivity index (χ1) is 11.5. The van der Waals surface area contributed by atoms with Gasteiger partial charge in [0.2, 0.25) is 0 Å². The minimum absolute atomic E-state index is 0.235. The van der Waals surface area contributed by atoms with Crippen molar-refractivity contribution in [3.05, 3.63) is 35.2 Å². The van der Waals surface area contributed by atoms with E-state index in [0.717, 1.165) is 44.3 Å². The van der Waals surface area contributed by atoms with Crippen LogP contribution in [-0.2, 0) is 11.3 Å². The van der Waals surface area contributed by atoms with Crippen molar-refractivity contribution in [1.29, 1.82) is 0 Å². The molecular weight excluding hydrogens is 304 g/mol. The highest BCUT2D eigenvalue weighted by molar-refractivity contribution is 5.46. The Balaban J connectivity index is 1.76. The Morgan fingerprint density at radius 3 is 2.71 bits per heavy atom. The average molecular weight is 330 g/mol. The molecule has 0 aliphatic carbocycles. The summed E-state index contributed by atoms with van der Waals surface area (Å²) in [5.41, 5.74) is 3.43. The molecule has 0 radical (unpaired) electrons. The van der Waals surface area contributed by atoms with Gasteiger partial charge in [-0.25, -0.2) is 0 Å². The van der Waals surface area contributed by atoms with Gasteiger partial charge in [-0.1, -0.05) is 18.2 Å². The Hall–Kier alpha value is -1.83. The molecule has 1 aliphatic heterocycles. The summed E-state index contributed by atoms with van der Waals surface area (Å²) in [5, 5.41) is 12.4. The lowest BCUT2D eigenvalue weighted by Crippen LogP contribution is -2.46. The number of likely N-dealkylation sites (N-methyl/N-ethyl adjacent to an activating group) is 1. The zero-order valence-corrected chi connectivity index (χ0v) is 14.9. The molecule has 0 N–H and O–H groups in total. The van der Waals surface area contributed by atoms with E-state index in [1.54, 1.807) is 0 Å². The van der Waals surface area contributed by atoms with Gasteiger partial charge in [0, 0.05) is 19.6 Å². The molecule has 24 heavy (non-hydrogen) atoms. The summed E-state index contributed by atoms with van der Waals surface area (Å²) in [6, 6.07) is 6.25. The van der Waals surface area contributed by atoms with Crippen LogP contribution in [0.5, 0.6) is 0 Å². The van der Waals surface area contributed by atoms with Gasteiger partial charge in [-0.2, -0.15) is 4.68 Å². The van der Waals surface area contributed by atoms with Crippen molar-refractivity contribution < 1.29 is 4.74 Å². The van der Waals surface area contributed by atoms with E-state index in [1.165, 1.54) is 11.1 Å². The van der Waals surface area contributed by atoms with Crippen LogP contribution in [0.15, 0.2) is 18.2 Å². The number of hydrogen-bond donors (Lipinski definition) is 0. The first-order valence-electron chi connectivity index (χ1n) is 8.37. The standard InChI is InChI=1S/C17H26N6O/c1-13-6-5-7-14(2)17(13)23-16(18-19-20-23)12-22-8-9-24-15(11-22)10-21(3)4/h5-7,15H,8-12H2,1-4H3/t15-/m0/s1. The van der Waals surface area contributed by atoms with E-state index in [4.69, 9.17) is 4.74 Å². The fourth-order valence-corrected chi connectivity index (χ4v) is 3.26. The molecule has 1 aromatic carbocycles. The Kier molecular flexibility index (Phi) is 5.23. The first kappa shape index (κ1) is 17.0. The van der Waals surface area contributed by atoms with Gasteiger partial charge in [0.05, 0.1) is 24.9 Å². The van der Waals surface area contributed by atoms with Crippen LogP contribution in [0.25, 0.3) is 5.69 Å². The maximum Gasteiger partial charge on any atom is 0.170 e. The largest absolute Gasteiger partial charge is 0.374 e. The third kappa shape index (κ3) is 3.80. The van der Waals surface area contributed by atoms with Gasteiger partial charge >= 0.3 is 0 Å². The molecule has 0 saturated carbocycles. The molecule has 7 nitrogen and oxygen atoms in total. The molecule has 7 heteroatoms. The van der Waals surface area contributed by atoms with E-state index in [-0.39, 0.29) is 6.10 Å². The van der Waals surface area contributed by atoms with Crippen LogP contribution in [0.2, 0.25) is 0 Å². The van der Waals surface area contributed by atoms with Crippen LogP contribution in [0, 0.1) is 13.8 Å². The Labute approximate surface area is 143 Å². The highest BCUT2D eigenvalue weighted by Crippen LogP contribution is 2.19. The molecule has 130 valence electrons. The molecule has 0 unspecified atom stereocenters. The van der Waals surface area contributed by atoms with Crippen molar-refractivity contribution in [3.63, 3.8) is 0 Å². The number of aryl methyl sites for hydroxylation is 2. The quantitative estimate of drug-likeness (QED) is 0.816. The van der Waals surface area contributed by atoms with Gasteiger partial charge in [0.25, 0.3) is 0 Å². The van der Waals surface area contributed by atoms with Crippen molar-refractivity contribution in [2.75, 3.05) is 40.3 Å². The predicted molar refractivity (Wildman–Crippen MR) is 92.2 cm³/mol. The van der Waals surface area contributed by atoms with E-state index in [1.807, 2.05) is 4.68 Å². The summed E-state index contributed by atoms with van der Waals surface area (Å²) < 4.78 is 7.73. The lowest BCUT2D eigenvalue weighted by atomic mass is 10.1. The second-order valence-corrected chi connectivity index (χ2v) is 6.74. The SMILES string of the molecule is Cc1cccc(C)c1-n1nnnc1CN1CCO[C@@H](CN(C)C)C1. The van der Waals surface area contributed by atoms with E-state index < -0.39 is 0 Å². The van der Waals surface area contributed by atoms with Crippen LogP contribution in [0.3, 0.4) is 0 Å². The van der Waals surface area contributed by atoms with E-state index in [9.17, 15) is 0 Å². The van der Waals surface area contributed by atoms with Gasteiger partial charge in [-0.15, -0.1) is 5.10 Å². The van der Waals surface area contributed by atoms with Gasteiger partial charge in [0.15, 0.2) is 5.82 Å². The summed E-state index contributed by atoms with van der Waals surface area (Å²) in [7, 11) is 4.15. The summed E-state index contributed by atoms with van der Waals surface area (Å²) >= 11 is 0. The Morgan fingerprint density at radius 2 is 2.00 bits per heavy atom. The monoisotopic (exact) mass is 330 g/mol. The van der Waals surface area contributed by atoms with Crippen molar-refractivity contribution >= 4 is 0 Å². The Bertz CT molecular complexity index is 663. The van der Waals surface area contributed by atoms with Crippen LogP contribution in [-0.4, -0.2) is 76.4 Å². The van der Waals surface area contributed by atoms with Crippen LogP contribution in [0.4, 0.5) is 0 Å². The third-order valence-corrected chi connectivity index (χ3v) is 4.34. The molecule has 1 atom stereocenters. The Morgan fingerprint density at radius 1 is 1.25 bits per heavy atom. The van der Waals surface area contributed by atoms with Crippen molar-refractivity contribution in [2.45, 2.75) is 26.5 Å². The van der Waals surface area contributed by atoms with Gasteiger partial charge < -0.3 is 9.64 Å². The van der Waals surface area contributed by atoms with Gasteiger partial charge in [0.1, 0.15) is 0 Å². The molecule has 1 aromatic heterocycles. The maximum atomic E-state index is 5.85. The molecule has 1 aliphatic rings. The topological polar surface area (TPSA) is 59.3 Å². The number of hydrogen-bond acceptors (Lipinski definition) is 6. The molecule has 0 amide bonds. The number of ether oxygens (including phenoxy) is 1. The number of rotatable bonds is 5. The van der Waals surface area contributed by atoms with Crippen molar-refractivity contribution in [2.24, 2.45) is 0 Å². The van der Waals surface area contributed by atoms with E-state index >= 15 is 0 Å². The fraction of sp³-hybridized carbons (Fsp3) is 0.588.